The van der Waals surface area contributed by atoms with Crippen LogP contribution in [0.15, 0.2) is 52.7 Å². The van der Waals surface area contributed by atoms with Gasteiger partial charge < -0.3 is 5.32 Å². The number of sulfonamides is 1. The molecule has 0 radical (unpaired) electrons. The second kappa shape index (κ2) is 8.79. The van der Waals surface area contributed by atoms with Crippen molar-refractivity contribution in [3.8, 4) is 0 Å². The van der Waals surface area contributed by atoms with E-state index < -0.39 is 10.0 Å². The molecule has 1 heterocycles. The van der Waals surface area contributed by atoms with E-state index in [4.69, 9.17) is 0 Å². The highest BCUT2D eigenvalue weighted by Gasteiger charge is 2.28. The first-order chi connectivity index (χ1) is 12.6. The topological polar surface area (TPSA) is 75.3 Å². The molecule has 1 atom stereocenters. The zero-order valence-corrected chi connectivity index (χ0v) is 16.2. The van der Waals surface area contributed by atoms with Crippen molar-refractivity contribution in [2.75, 3.05) is 6.54 Å². The van der Waals surface area contributed by atoms with E-state index in [1.54, 1.807) is 29.5 Å². The summed E-state index contributed by atoms with van der Waals surface area (Å²) in [7, 11) is -3.57. The third-order valence-corrected chi connectivity index (χ3v) is 7.17. The van der Waals surface area contributed by atoms with Crippen molar-refractivity contribution in [1.82, 2.24) is 10.0 Å². The van der Waals surface area contributed by atoms with Crippen molar-refractivity contribution in [3.05, 3.63) is 52.7 Å². The van der Waals surface area contributed by atoms with Gasteiger partial charge in [-0.05, 0) is 42.3 Å². The van der Waals surface area contributed by atoms with Crippen molar-refractivity contribution >= 4 is 27.3 Å². The van der Waals surface area contributed by atoms with Crippen LogP contribution in [0, 0.1) is 5.92 Å². The van der Waals surface area contributed by atoms with Crippen LogP contribution in [0.4, 0.5) is 0 Å². The van der Waals surface area contributed by atoms with E-state index in [9.17, 15) is 13.2 Å². The molecule has 1 aliphatic rings. The van der Waals surface area contributed by atoms with Gasteiger partial charge in [0.05, 0.1) is 10.9 Å². The third-order valence-electron chi connectivity index (χ3n) is 4.74. The summed E-state index contributed by atoms with van der Waals surface area (Å²) in [5.74, 6) is 0.352. The van der Waals surface area contributed by atoms with Gasteiger partial charge in [-0.15, -0.1) is 11.3 Å². The van der Waals surface area contributed by atoms with Crippen molar-refractivity contribution in [2.45, 2.75) is 43.0 Å². The number of nitrogens with one attached hydrogen (secondary N) is 2. The van der Waals surface area contributed by atoms with Crippen molar-refractivity contribution in [2.24, 2.45) is 5.92 Å². The molecular formula is C19H24N2O3S2. The van der Waals surface area contributed by atoms with Crippen LogP contribution < -0.4 is 10.0 Å². The van der Waals surface area contributed by atoms with Gasteiger partial charge in [0, 0.05) is 17.8 Å². The molecule has 1 aromatic heterocycles. The lowest BCUT2D eigenvalue weighted by Crippen LogP contribution is -2.35. The second-order valence-corrected chi connectivity index (χ2v) is 9.31. The van der Waals surface area contributed by atoms with E-state index in [-0.39, 0.29) is 29.8 Å². The molecule has 0 bridgehead atoms. The van der Waals surface area contributed by atoms with Crippen LogP contribution in [0.1, 0.15) is 43.0 Å². The molecule has 140 valence electrons. The highest BCUT2D eigenvalue weighted by atomic mass is 32.2. The maximum Gasteiger partial charge on any atom is 0.240 e. The molecule has 5 nitrogen and oxygen atoms in total. The van der Waals surface area contributed by atoms with Gasteiger partial charge in [-0.1, -0.05) is 37.1 Å². The van der Waals surface area contributed by atoms with Gasteiger partial charge in [0.25, 0.3) is 0 Å². The average molecular weight is 393 g/mol. The van der Waals surface area contributed by atoms with Crippen LogP contribution in [0.25, 0.3) is 0 Å². The van der Waals surface area contributed by atoms with E-state index in [0.717, 1.165) is 12.8 Å². The van der Waals surface area contributed by atoms with Crippen LogP contribution in [-0.4, -0.2) is 20.9 Å². The van der Waals surface area contributed by atoms with Crippen LogP contribution in [0.2, 0.25) is 0 Å². The first-order valence-electron chi connectivity index (χ1n) is 8.94. The molecule has 1 unspecified atom stereocenters. The summed E-state index contributed by atoms with van der Waals surface area (Å²) in [6.07, 6.45) is 4.80. The fourth-order valence-electron chi connectivity index (χ4n) is 3.41. The molecule has 2 N–H and O–H groups in total. The molecular weight excluding hydrogens is 368 g/mol. The fourth-order valence-corrected chi connectivity index (χ4v) is 5.33. The monoisotopic (exact) mass is 392 g/mol. The Bertz CT molecular complexity index is 799. The number of carbonyl (C=O) groups is 1. The van der Waals surface area contributed by atoms with E-state index in [2.05, 4.69) is 16.1 Å². The Morgan fingerprint density at radius 1 is 1.12 bits per heavy atom. The lowest BCUT2D eigenvalue weighted by molar-refractivity contribution is -0.122. The van der Waals surface area contributed by atoms with Gasteiger partial charge in [-0.3, -0.25) is 4.79 Å². The molecule has 1 saturated carbocycles. The standard InChI is InChI=1S/C19H24N2O3S2/c22-18(12-13-20-26(23,24)16-9-2-1-3-10-16)21-19(15-7-4-5-8-15)17-11-6-14-25-17/h1-3,6,9-11,14-15,19-20H,4-5,7-8,12-13H2,(H,21,22). The predicted octanol–water partition coefficient (Wildman–Crippen LogP) is 3.46. The summed E-state index contributed by atoms with van der Waals surface area (Å²) in [6.45, 7) is 0.0882. The molecule has 1 aromatic carbocycles. The van der Waals surface area contributed by atoms with Crippen molar-refractivity contribution in [3.63, 3.8) is 0 Å². The average Bonchev–Trinajstić information content (AvgIpc) is 3.34. The molecule has 2 aromatic rings. The van der Waals surface area contributed by atoms with E-state index >= 15 is 0 Å². The van der Waals surface area contributed by atoms with Gasteiger partial charge in [-0.2, -0.15) is 0 Å². The first-order valence-corrected chi connectivity index (χ1v) is 11.3. The molecule has 0 aliphatic heterocycles. The minimum atomic E-state index is -3.57. The van der Waals surface area contributed by atoms with E-state index in [1.807, 2.05) is 11.4 Å². The predicted molar refractivity (Wildman–Crippen MR) is 103 cm³/mol. The number of hydrogen-bond acceptors (Lipinski definition) is 4. The highest BCUT2D eigenvalue weighted by Crippen LogP contribution is 2.37. The normalized spacial score (nSPS) is 16.5. The molecule has 1 amide bonds. The lowest BCUT2D eigenvalue weighted by Gasteiger charge is -2.23. The Labute approximate surface area is 158 Å². The SMILES string of the molecule is O=C(CCNS(=O)(=O)c1ccccc1)NC(c1cccs1)C1CCCC1. The van der Waals surface area contributed by atoms with Crippen molar-refractivity contribution in [1.29, 1.82) is 0 Å². The quantitative estimate of drug-likeness (QED) is 0.722. The largest absolute Gasteiger partial charge is 0.348 e. The number of rotatable bonds is 8. The Kier molecular flexibility index (Phi) is 6.45. The van der Waals surface area contributed by atoms with E-state index in [0.29, 0.717) is 5.92 Å². The number of thiophene rings is 1. The van der Waals surface area contributed by atoms with Crippen LogP contribution in [0.3, 0.4) is 0 Å². The smallest absolute Gasteiger partial charge is 0.240 e. The Morgan fingerprint density at radius 2 is 1.85 bits per heavy atom. The maximum atomic E-state index is 12.4. The third kappa shape index (κ3) is 4.93. The van der Waals surface area contributed by atoms with E-state index in [1.165, 1.54) is 29.9 Å². The molecule has 26 heavy (non-hydrogen) atoms. The summed E-state index contributed by atoms with van der Waals surface area (Å²) in [6, 6.07) is 12.3. The maximum absolute atomic E-state index is 12.4. The summed E-state index contributed by atoms with van der Waals surface area (Å²) in [5.41, 5.74) is 0. The van der Waals surface area contributed by atoms with Gasteiger partial charge in [0.2, 0.25) is 15.9 Å². The Morgan fingerprint density at radius 3 is 2.50 bits per heavy atom. The zero-order chi connectivity index (χ0) is 18.4. The molecule has 3 rings (SSSR count). The van der Waals surface area contributed by atoms with Gasteiger partial charge in [0.1, 0.15) is 0 Å². The van der Waals surface area contributed by atoms with Gasteiger partial charge in [0.15, 0.2) is 0 Å². The Hall–Kier alpha value is -1.70. The van der Waals surface area contributed by atoms with Gasteiger partial charge >= 0.3 is 0 Å². The first kappa shape index (κ1) is 19.1. The minimum absolute atomic E-state index is 0.0377. The molecule has 1 fully saturated rings. The lowest BCUT2D eigenvalue weighted by atomic mass is 9.96. The summed E-state index contributed by atoms with van der Waals surface area (Å²) >= 11 is 1.66. The summed E-state index contributed by atoms with van der Waals surface area (Å²) in [5, 5.41) is 5.15. The second-order valence-electron chi connectivity index (χ2n) is 6.57. The summed E-state index contributed by atoms with van der Waals surface area (Å²) < 4.78 is 26.9. The number of carbonyl (C=O) groups excluding carboxylic acids is 1. The molecule has 0 saturated heterocycles. The number of benzene rings is 1. The minimum Gasteiger partial charge on any atom is -0.348 e. The summed E-state index contributed by atoms with van der Waals surface area (Å²) in [4.78, 5) is 13.8. The van der Waals surface area contributed by atoms with Crippen molar-refractivity contribution < 1.29 is 13.2 Å². The Balaban J connectivity index is 1.54. The molecule has 1 aliphatic carbocycles. The number of hydrogen-bond donors (Lipinski definition) is 2. The van der Waals surface area contributed by atoms with Crippen LogP contribution in [-0.2, 0) is 14.8 Å². The zero-order valence-electron chi connectivity index (χ0n) is 14.6. The fraction of sp³-hybridized carbons (Fsp3) is 0.421. The van der Waals surface area contributed by atoms with Crippen LogP contribution >= 0.6 is 11.3 Å². The molecule has 0 spiro atoms. The molecule has 7 heteroatoms. The van der Waals surface area contributed by atoms with Gasteiger partial charge in [-0.25, -0.2) is 13.1 Å². The van der Waals surface area contributed by atoms with Crippen LogP contribution in [0.5, 0.6) is 0 Å². The number of amides is 1. The highest BCUT2D eigenvalue weighted by molar-refractivity contribution is 7.89.